The predicted octanol–water partition coefficient (Wildman–Crippen LogP) is 4.50. The van der Waals surface area contributed by atoms with Crippen molar-refractivity contribution >= 4 is 5.97 Å². The first-order chi connectivity index (χ1) is 16.0. The van der Waals surface area contributed by atoms with E-state index in [4.69, 9.17) is 14.2 Å². The molecular weight excluding hydrogens is 416 g/mol. The zero-order valence-corrected chi connectivity index (χ0v) is 19.4. The van der Waals surface area contributed by atoms with Crippen LogP contribution in [0, 0.1) is 35.0 Å². The highest BCUT2D eigenvalue weighted by molar-refractivity contribution is 5.89. The van der Waals surface area contributed by atoms with Crippen LogP contribution in [0.1, 0.15) is 62.2 Å². The Bertz CT molecular complexity index is 932. The maximum absolute atomic E-state index is 12.8. The number of carbonyl (C=O) groups is 1. The Kier molecular flexibility index (Phi) is 6.35. The highest BCUT2D eigenvalue weighted by atomic mass is 16.7. The average molecular weight is 451 g/mol. The van der Waals surface area contributed by atoms with Gasteiger partial charge in [-0.05, 0) is 50.2 Å². The fourth-order valence-electron chi connectivity index (χ4n) is 6.42. The van der Waals surface area contributed by atoms with Crippen LogP contribution >= 0.6 is 0 Å². The normalized spacial score (nSPS) is 32.2. The van der Waals surface area contributed by atoms with Gasteiger partial charge in [0.15, 0.2) is 5.79 Å². The number of carbonyl (C=O) groups excluding carboxylic acids is 1. The molecule has 1 aromatic carbocycles. The average Bonchev–Trinajstić information content (AvgIpc) is 3.47. The van der Waals surface area contributed by atoms with E-state index in [0.717, 1.165) is 44.9 Å². The van der Waals surface area contributed by atoms with Gasteiger partial charge >= 0.3 is 5.97 Å². The third-order valence-corrected chi connectivity index (χ3v) is 8.38. The number of hydrogen-bond acceptors (Lipinski definition) is 5. The molecular formula is C28H34O5. The second kappa shape index (κ2) is 9.25. The van der Waals surface area contributed by atoms with Crippen molar-refractivity contribution in [3.8, 4) is 11.8 Å². The molecule has 4 aliphatic rings. The number of aliphatic hydroxyl groups is 1. The van der Waals surface area contributed by atoms with E-state index in [1.165, 1.54) is 0 Å². The molecule has 1 aromatic rings. The number of esters is 1. The third-order valence-electron chi connectivity index (χ3n) is 8.38. The fraction of sp³-hybridized carbons (Fsp3) is 0.607. The first kappa shape index (κ1) is 22.7. The van der Waals surface area contributed by atoms with Crippen LogP contribution < -0.4 is 0 Å². The number of aliphatic hydroxyl groups excluding tert-OH is 1. The van der Waals surface area contributed by atoms with E-state index >= 15 is 0 Å². The molecule has 1 aliphatic heterocycles. The molecule has 33 heavy (non-hydrogen) atoms. The molecule has 3 saturated carbocycles. The summed E-state index contributed by atoms with van der Waals surface area (Å²) in [6.45, 7) is 3.14. The van der Waals surface area contributed by atoms with Gasteiger partial charge in [-0.3, -0.25) is 0 Å². The molecule has 0 bridgehead atoms. The number of rotatable bonds is 6. The molecule has 4 fully saturated rings. The van der Waals surface area contributed by atoms with E-state index in [9.17, 15) is 9.90 Å². The molecule has 1 spiro atoms. The summed E-state index contributed by atoms with van der Waals surface area (Å²) in [7, 11) is 0. The first-order valence-electron chi connectivity index (χ1n) is 12.3. The maximum Gasteiger partial charge on any atom is 0.338 e. The van der Waals surface area contributed by atoms with Gasteiger partial charge in [-0.2, -0.15) is 0 Å². The summed E-state index contributed by atoms with van der Waals surface area (Å²) in [6.07, 6.45) is 9.65. The largest absolute Gasteiger partial charge is 0.458 e. The molecule has 5 atom stereocenters. The minimum Gasteiger partial charge on any atom is -0.458 e. The van der Waals surface area contributed by atoms with E-state index in [1.54, 1.807) is 12.1 Å². The Morgan fingerprint density at radius 2 is 2.00 bits per heavy atom. The second-order valence-electron chi connectivity index (χ2n) is 10.2. The summed E-state index contributed by atoms with van der Waals surface area (Å²) in [6, 6.07) is 9.17. The molecule has 3 aliphatic carbocycles. The third kappa shape index (κ3) is 4.37. The monoisotopic (exact) mass is 450 g/mol. The van der Waals surface area contributed by atoms with Crippen LogP contribution in [0.2, 0.25) is 0 Å². The number of fused-ring (bicyclic) bond motifs is 1. The van der Waals surface area contributed by atoms with Gasteiger partial charge < -0.3 is 19.3 Å². The minimum absolute atomic E-state index is 0.0406. The topological polar surface area (TPSA) is 65.0 Å². The molecule has 0 aromatic heterocycles. The SMILES string of the molecule is CC#CCC1([C@H](O)C=C[C@@H]2[C@H]3CC4(C[C@H]3C[C@H]2OC(=O)c2ccccc2)OCCO4)CCC1. The van der Waals surface area contributed by atoms with Crippen LogP contribution in [-0.4, -0.2) is 42.3 Å². The summed E-state index contributed by atoms with van der Waals surface area (Å²) < 4.78 is 18.1. The quantitative estimate of drug-likeness (QED) is 0.393. The number of benzene rings is 1. The molecule has 5 heteroatoms. The minimum atomic E-state index is -0.536. The molecule has 0 amide bonds. The van der Waals surface area contributed by atoms with Crippen molar-refractivity contribution in [1.82, 2.24) is 0 Å². The van der Waals surface area contributed by atoms with Gasteiger partial charge in [0.1, 0.15) is 6.10 Å². The highest BCUT2D eigenvalue weighted by Gasteiger charge is 2.57. The van der Waals surface area contributed by atoms with Crippen LogP contribution in [0.25, 0.3) is 0 Å². The molecule has 1 saturated heterocycles. The smallest absolute Gasteiger partial charge is 0.338 e. The summed E-state index contributed by atoms with van der Waals surface area (Å²) in [5.41, 5.74) is 0.435. The van der Waals surface area contributed by atoms with Gasteiger partial charge in [0.2, 0.25) is 0 Å². The lowest BCUT2D eigenvalue weighted by molar-refractivity contribution is -0.157. The number of ether oxygens (including phenoxy) is 3. The summed E-state index contributed by atoms with van der Waals surface area (Å²) in [4.78, 5) is 12.8. The van der Waals surface area contributed by atoms with Gasteiger partial charge in [0.25, 0.3) is 0 Å². The lowest BCUT2D eigenvalue weighted by Crippen LogP contribution is -2.40. The Labute approximate surface area is 196 Å². The summed E-state index contributed by atoms with van der Waals surface area (Å²) in [5, 5.41) is 11.1. The van der Waals surface area contributed by atoms with E-state index in [-0.39, 0.29) is 23.4 Å². The van der Waals surface area contributed by atoms with Gasteiger partial charge in [0.05, 0.1) is 24.9 Å². The van der Waals surface area contributed by atoms with Crippen LogP contribution in [0.4, 0.5) is 0 Å². The summed E-state index contributed by atoms with van der Waals surface area (Å²) in [5.74, 6) is 6.13. The zero-order valence-electron chi connectivity index (χ0n) is 19.4. The van der Waals surface area contributed by atoms with Gasteiger partial charge in [-0.1, -0.05) is 36.8 Å². The van der Waals surface area contributed by atoms with E-state index in [0.29, 0.717) is 30.6 Å². The van der Waals surface area contributed by atoms with Crippen LogP contribution in [-0.2, 0) is 14.2 Å². The van der Waals surface area contributed by atoms with E-state index in [2.05, 4.69) is 17.9 Å². The van der Waals surface area contributed by atoms with Crippen molar-refractivity contribution in [2.24, 2.45) is 23.2 Å². The van der Waals surface area contributed by atoms with Crippen molar-refractivity contribution in [2.45, 2.75) is 69.9 Å². The van der Waals surface area contributed by atoms with Crippen LogP contribution in [0.3, 0.4) is 0 Å². The molecule has 0 unspecified atom stereocenters. The second-order valence-corrected chi connectivity index (χ2v) is 10.2. The standard InChI is InChI=1S/C28H34O5/c1-2-3-12-27(13-7-14-27)25(29)11-10-22-23-19-28(31-15-16-32-28)18-21(23)17-24(22)33-26(30)20-8-5-4-6-9-20/h4-6,8-11,21-25,29H,7,12-19H2,1H3/t21-,22-,23+,24-,25-/m1/s1. The zero-order chi connectivity index (χ0) is 22.9. The lowest BCUT2D eigenvalue weighted by atomic mass is 9.63. The molecule has 1 heterocycles. The Balaban J connectivity index is 1.34. The molecule has 1 N–H and O–H groups in total. The molecule has 0 radical (unpaired) electrons. The van der Waals surface area contributed by atoms with Gasteiger partial charge in [0, 0.05) is 30.6 Å². The Morgan fingerprint density at radius 1 is 1.24 bits per heavy atom. The van der Waals surface area contributed by atoms with Crippen molar-refractivity contribution < 1.29 is 24.1 Å². The first-order valence-corrected chi connectivity index (χ1v) is 12.3. The fourth-order valence-corrected chi connectivity index (χ4v) is 6.42. The van der Waals surface area contributed by atoms with Crippen molar-refractivity contribution in [1.29, 1.82) is 0 Å². The lowest BCUT2D eigenvalue weighted by Gasteiger charge is -2.43. The molecule has 176 valence electrons. The maximum atomic E-state index is 12.8. The van der Waals surface area contributed by atoms with Crippen molar-refractivity contribution in [2.75, 3.05) is 13.2 Å². The van der Waals surface area contributed by atoms with Crippen LogP contribution in [0.5, 0.6) is 0 Å². The summed E-state index contributed by atoms with van der Waals surface area (Å²) >= 11 is 0. The molecule has 5 nitrogen and oxygen atoms in total. The van der Waals surface area contributed by atoms with Crippen molar-refractivity contribution in [3.63, 3.8) is 0 Å². The highest BCUT2D eigenvalue weighted by Crippen LogP contribution is 2.56. The molecule has 5 rings (SSSR count). The Hall–Kier alpha value is -2.13. The van der Waals surface area contributed by atoms with Crippen molar-refractivity contribution in [3.05, 3.63) is 48.0 Å². The van der Waals surface area contributed by atoms with E-state index < -0.39 is 11.9 Å². The van der Waals surface area contributed by atoms with E-state index in [1.807, 2.05) is 31.2 Å². The predicted molar refractivity (Wildman–Crippen MR) is 124 cm³/mol. The number of hydrogen-bond donors (Lipinski definition) is 1. The van der Waals surface area contributed by atoms with Gasteiger partial charge in [-0.25, -0.2) is 4.79 Å². The van der Waals surface area contributed by atoms with Gasteiger partial charge in [-0.15, -0.1) is 11.8 Å². The Morgan fingerprint density at radius 3 is 2.67 bits per heavy atom. The van der Waals surface area contributed by atoms with Crippen LogP contribution in [0.15, 0.2) is 42.5 Å².